The van der Waals surface area contributed by atoms with E-state index >= 15 is 0 Å². The van der Waals surface area contributed by atoms with Gasteiger partial charge in [-0.05, 0) is 30.9 Å². The fourth-order valence-corrected chi connectivity index (χ4v) is 3.27. The van der Waals surface area contributed by atoms with Crippen molar-refractivity contribution in [2.45, 2.75) is 11.8 Å². The van der Waals surface area contributed by atoms with Gasteiger partial charge < -0.3 is 5.73 Å². The lowest BCUT2D eigenvalue weighted by Crippen LogP contribution is -1.98. The van der Waals surface area contributed by atoms with E-state index in [2.05, 4.69) is 42.4 Å². The first-order valence-electron chi connectivity index (χ1n) is 6.50. The molecule has 0 aliphatic rings. The zero-order valence-electron chi connectivity index (χ0n) is 11.6. The lowest BCUT2D eigenvalue weighted by molar-refractivity contribution is 1.34. The first kappa shape index (κ1) is 13.0. The molecule has 0 saturated heterocycles. The highest BCUT2D eigenvalue weighted by atomic mass is 32.2. The number of fused-ring (bicyclic) bond motifs is 1. The Morgan fingerprint density at radius 3 is 2.50 bits per heavy atom. The molecule has 0 spiro atoms. The molecule has 2 N–H and O–H groups in total. The highest BCUT2D eigenvalue weighted by Gasteiger charge is 2.14. The molecule has 100 valence electrons. The van der Waals surface area contributed by atoms with E-state index in [1.807, 2.05) is 24.3 Å². The molecule has 2 aromatic carbocycles. The predicted octanol–water partition coefficient (Wildman–Crippen LogP) is 4.51. The third-order valence-corrected chi connectivity index (χ3v) is 4.22. The number of nitrogens with two attached hydrogens (primary N) is 1. The zero-order chi connectivity index (χ0) is 14.1. The average molecular weight is 280 g/mol. The van der Waals surface area contributed by atoms with E-state index in [0.717, 1.165) is 16.6 Å². The molecule has 2 nitrogen and oxygen atoms in total. The maximum atomic E-state index is 6.21. The summed E-state index contributed by atoms with van der Waals surface area (Å²) >= 11 is 1.72. The first-order chi connectivity index (χ1) is 9.70. The van der Waals surface area contributed by atoms with Gasteiger partial charge in [-0.15, -0.1) is 11.8 Å². The Balaban J connectivity index is 2.39. The second-order valence-corrected chi connectivity index (χ2v) is 5.61. The van der Waals surface area contributed by atoms with Gasteiger partial charge in [0.05, 0.1) is 5.52 Å². The van der Waals surface area contributed by atoms with Crippen LogP contribution in [0.2, 0.25) is 0 Å². The van der Waals surface area contributed by atoms with Crippen LogP contribution in [0.25, 0.3) is 22.0 Å². The van der Waals surface area contributed by atoms with Gasteiger partial charge in [0, 0.05) is 15.8 Å². The third kappa shape index (κ3) is 2.14. The molecular weight excluding hydrogens is 264 g/mol. The Morgan fingerprint density at radius 1 is 1.05 bits per heavy atom. The van der Waals surface area contributed by atoms with Gasteiger partial charge in [0.15, 0.2) is 0 Å². The van der Waals surface area contributed by atoms with Crippen molar-refractivity contribution in [3.05, 3.63) is 54.1 Å². The number of hydrogen-bond donors (Lipinski definition) is 1. The summed E-state index contributed by atoms with van der Waals surface area (Å²) in [5.41, 5.74) is 10.6. The van der Waals surface area contributed by atoms with Gasteiger partial charge in [-0.3, -0.25) is 0 Å². The molecule has 1 aromatic heterocycles. The van der Waals surface area contributed by atoms with Crippen molar-refractivity contribution in [2.75, 3.05) is 12.0 Å². The van der Waals surface area contributed by atoms with Gasteiger partial charge in [-0.2, -0.15) is 0 Å². The molecule has 0 amide bonds. The summed E-state index contributed by atoms with van der Waals surface area (Å²) in [6.07, 6.45) is 2.09. The first-order valence-corrected chi connectivity index (χ1v) is 7.72. The van der Waals surface area contributed by atoms with E-state index in [9.17, 15) is 0 Å². The fraction of sp³-hybridized carbons (Fsp3) is 0.118. The Kier molecular flexibility index (Phi) is 3.36. The average Bonchev–Trinajstić information content (AvgIpc) is 2.47. The number of benzene rings is 2. The third-order valence-electron chi connectivity index (χ3n) is 3.39. The van der Waals surface area contributed by atoms with E-state index in [1.54, 1.807) is 11.8 Å². The van der Waals surface area contributed by atoms with Crippen molar-refractivity contribution in [1.29, 1.82) is 0 Å². The van der Waals surface area contributed by atoms with Crippen molar-refractivity contribution in [3.8, 4) is 11.1 Å². The molecule has 0 radical (unpaired) electrons. The van der Waals surface area contributed by atoms with Crippen molar-refractivity contribution in [3.63, 3.8) is 0 Å². The maximum absolute atomic E-state index is 6.21. The minimum Gasteiger partial charge on any atom is -0.383 e. The van der Waals surface area contributed by atoms with E-state index < -0.39 is 0 Å². The summed E-state index contributed by atoms with van der Waals surface area (Å²) in [5.74, 6) is 0.594. The summed E-state index contributed by atoms with van der Waals surface area (Å²) in [4.78, 5) is 5.76. The summed E-state index contributed by atoms with van der Waals surface area (Å²) < 4.78 is 0. The zero-order valence-corrected chi connectivity index (χ0v) is 12.4. The largest absolute Gasteiger partial charge is 0.383 e. The van der Waals surface area contributed by atoms with Gasteiger partial charge >= 0.3 is 0 Å². The standard InChI is InChI=1S/C17H16N2S/c1-11-8-9-14-13(10-11)16(20-2)15(17(18)19-14)12-6-4-3-5-7-12/h3-10H,1-2H3,(H2,18,19). The van der Waals surface area contributed by atoms with E-state index in [0.29, 0.717) is 5.82 Å². The van der Waals surface area contributed by atoms with Gasteiger partial charge in [0.2, 0.25) is 0 Å². The van der Waals surface area contributed by atoms with Gasteiger partial charge in [-0.25, -0.2) is 4.98 Å². The summed E-state index contributed by atoms with van der Waals surface area (Å²) in [5, 5.41) is 1.17. The second kappa shape index (κ2) is 5.17. The van der Waals surface area contributed by atoms with Crippen molar-refractivity contribution >= 4 is 28.5 Å². The van der Waals surface area contributed by atoms with Crippen LogP contribution in [-0.2, 0) is 0 Å². The van der Waals surface area contributed by atoms with E-state index in [1.165, 1.54) is 15.8 Å². The van der Waals surface area contributed by atoms with Crippen LogP contribution in [0.5, 0.6) is 0 Å². The van der Waals surface area contributed by atoms with Crippen LogP contribution in [0, 0.1) is 6.92 Å². The summed E-state index contributed by atoms with van der Waals surface area (Å²) in [6, 6.07) is 16.5. The molecule has 3 rings (SSSR count). The number of hydrogen-bond acceptors (Lipinski definition) is 3. The van der Waals surface area contributed by atoms with Gasteiger partial charge in [0.25, 0.3) is 0 Å². The monoisotopic (exact) mass is 280 g/mol. The Morgan fingerprint density at radius 2 is 1.80 bits per heavy atom. The Bertz CT molecular complexity index is 767. The molecule has 3 heteroatoms. The number of pyridine rings is 1. The number of aryl methyl sites for hydroxylation is 1. The fourth-order valence-electron chi connectivity index (χ4n) is 2.46. The number of rotatable bonds is 2. The van der Waals surface area contributed by atoms with Crippen LogP contribution in [0.15, 0.2) is 53.4 Å². The number of nitrogens with zero attached hydrogens (tertiary/aromatic N) is 1. The Hall–Kier alpha value is -2.00. The molecule has 0 atom stereocenters. The molecule has 0 unspecified atom stereocenters. The van der Waals surface area contributed by atoms with Crippen molar-refractivity contribution in [1.82, 2.24) is 4.98 Å². The van der Waals surface area contributed by atoms with E-state index in [-0.39, 0.29) is 0 Å². The summed E-state index contributed by atoms with van der Waals surface area (Å²) in [6.45, 7) is 2.10. The minimum absolute atomic E-state index is 0.594. The van der Waals surface area contributed by atoms with Crippen molar-refractivity contribution in [2.24, 2.45) is 0 Å². The highest BCUT2D eigenvalue weighted by Crippen LogP contribution is 2.39. The molecule has 1 heterocycles. The molecular formula is C17H16N2S. The summed E-state index contributed by atoms with van der Waals surface area (Å²) in [7, 11) is 0. The lowest BCUT2D eigenvalue weighted by atomic mass is 10.0. The number of aromatic nitrogens is 1. The second-order valence-electron chi connectivity index (χ2n) is 4.79. The molecule has 3 aromatic rings. The molecule has 0 bridgehead atoms. The molecule has 0 saturated carbocycles. The topological polar surface area (TPSA) is 38.9 Å². The number of anilines is 1. The number of thioether (sulfide) groups is 1. The highest BCUT2D eigenvalue weighted by molar-refractivity contribution is 7.99. The smallest absolute Gasteiger partial charge is 0.133 e. The normalized spacial score (nSPS) is 10.9. The quantitative estimate of drug-likeness (QED) is 0.702. The Labute approximate surface area is 123 Å². The van der Waals surface area contributed by atoms with Crippen LogP contribution in [-0.4, -0.2) is 11.2 Å². The number of nitrogen functional groups attached to an aromatic ring is 1. The maximum Gasteiger partial charge on any atom is 0.133 e. The van der Waals surface area contributed by atoms with Crippen LogP contribution in [0.4, 0.5) is 5.82 Å². The SMILES string of the molecule is CSc1c(-c2ccccc2)c(N)nc2ccc(C)cc12. The van der Waals surface area contributed by atoms with E-state index in [4.69, 9.17) is 5.73 Å². The van der Waals surface area contributed by atoms with Crippen molar-refractivity contribution < 1.29 is 0 Å². The van der Waals surface area contributed by atoms with Gasteiger partial charge in [-0.1, -0.05) is 42.0 Å². The molecule has 0 fully saturated rings. The minimum atomic E-state index is 0.594. The van der Waals surface area contributed by atoms with Crippen LogP contribution in [0.3, 0.4) is 0 Å². The van der Waals surface area contributed by atoms with Crippen LogP contribution in [0.1, 0.15) is 5.56 Å². The molecule has 20 heavy (non-hydrogen) atoms. The van der Waals surface area contributed by atoms with Gasteiger partial charge in [0.1, 0.15) is 5.82 Å². The van der Waals surface area contributed by atoms with Crippen LogP contribution < -0.4 is 5.73 Å². The van der Waals surface area contributed by atoms with Crippen LogP contribution >= 0.6 is 11.8 Å². The lowest BCUT2D eigenvalue weighted by Gasteiger charge is -2.14. The molecule has 0 aliphatic carbocycles. The predicted molar refractivity (Wildman–Crippen MR) is 88.1 cm³/mol. The molecule has 0 aliphatic heterocycles.